The maximum absolute atomic E-state index is 11.6. The molecule has 1 aromatic heterocycles. The Morgan fingerprint density at radius 1 is 1.12 bits per heavy atom. The molecule has 126 valence electrons. The van der Waals surface area contributed by atoms with Gasteiger partial charge in [0.15, 0.2) is 0 Å². The molecule has 0 unspecified atom stereocenters. The van der Waals surface area contributed by atoms with Crippen molar-refractivity contribution in [3.63, 3.8) is 0 Å². The van der Waals surface area contributed by atoms with Gasteiger partial charge in [-0.25, -0.2) is 4.79 Å². The van der Waals surface area contributed by atoms with Crippen molar-refractivity contribution in [1.29, 1.82) is 0 Å². The first kappa shape index (κ1) is 16.3. The number of rotatable bonds is 5. The Bertz CT molecular complexity index is 918. The minimum Gasteiger partial charge on any atom is -0.465 e. The first-order chi connectivity index (χ1) is 12.1. The molecular weight excluding hydrogens is 322 g/mol. The predicted octanol–water partition coefficient (Wildman–Crippen LogP) is 1.27. The van der Waals surface area contributed by atoms with Crippen LogP contribution in [0.4, 0.5) is 0 Å². The number of nitrogens with two attached hydrogens (primary N) is 1. The van der Waals surface area contributed by atoms with Crippen molar-refractivity contribution >= 4 is 11.9 Å². The van der Waals surface area contributed by atoms with Crippen molar-refractivity contribution in [2.24, 2.45) is 5.73 Å². The van der Waals surface area contributed by atoms with Crippen LogP contribution in [-0.4, -0.2) is 39.2 Å². The minimum atomic E-state index is -0.492. The van der Waals surface area contributed by atoms with Gasteiger partial charge in [-0.1, -0.05) is 24.3 Å². The molecule has 0 radical (unpaired) electrons. The van der Waals surface area contributed by atoms with Gasteiger partial charge in [-0.2, -0.15) is 4.80 Å². The summed E-state index contributed by atoms with van der Waals surface area (Å²) >= 11 is 0. The number of nitrogens with zero attached hydrogens (tertiary/aromatic N) is 4. The highest BCUT2D eigenvalue weighted by atomic mass is 16.5. The third-order valence-corrected chi connectivity index (χ3v) is 3.55. The van der Waals surface area contributed by atoms with Gasteiger partial charge in [-0.15, -0.1) is 10.2 Å². The maximum atomic E-state index is 11.6. The molecule has 3 rings (SSSR count). The number of ether oxygens (including phenoxy) is 1. The fraction of sp³-hybridized carbons (Fsp3) is 0.118. The fourth-order valence-electron chi connectivity index (χ4n) is 2.29. The quantitative estimate of drug-likeness (QED) is 0.702. The molecule has 0 saturated carbocycles. The standard InChI is InChI=1S/C17H15N5O3/c1-25-17(24)14-4-2-3-11(9-14)10-22-20-16(19-21-22)13-7-5-12(6-8-13)15(18)23/h2-9H,10H2,1H3,(H2,18,23). The summed E-state index contributed by atoms with van der Waals surface area (Å²) in [6, 6.07) is 13.7. The van der Waals surface area contributed by atoms with Gasteiger partial charge in [0.05, 0.1) is 19.2 Å². The molecule has 25 heavy (non-hydrogen) atoms. The van der Waals surface area contributed by atoms with Gasteiger partial charge in [0, 0.05) is 11.1 Å². The lowest BCUT2D eigenvalue weighted by atomic mass is 10.1. The Morgan fingerprint density at radius 3 is 2.56 bits per heavy atom. The number of tetrazole rings is 1. The van der Waals surface area contributed by atoms with Gasteiger partial charge in [-0.3, -0.25) is 4.79 Å². The summed E-state index contributed by atoms with van der Waals surface area (Å²) in [5, 5.41) is 12.3. The molecule has 1 amide bonds. The van der Waals surface area contributed by atoms with E-state index < -0.39 is 11.9 Å². The first-order valence-electron chi connectivity index (χ1n) is 7.42. The highest BCUT2D eigenvalue weighted by molar-refractivity contribution is 5.93. The Kier molecular flexibility index (Phi) is 4.51. The monoisotopic (exact) mass is 337 g/mol. The Balaban J connectivity index is 1.78. The number of benzene rings is 2. The van der Waals surface area contributed by atoms with Crippen LogP contribution in [0.1, 0.15) is 26.3 Å². The lowest BCUT2D eigenvalue weighted by Crippen LogP contribution is -2.10. The summed E-state index contributed by atoms with van der Waals surface area (Å²) in [4.78, 5) is 24.1. The molecule has 2 N–H and O–H groups in total. The van der Waals surface area contributed by atoms with E-state index in [1.807, 2.05) is 6.07 Å². The average Bonchev–Trinajstić information content (AvgIpc) is 3.09. The lowest BCUT2D eigenvalue weighted by Gasteiger charge is -2.03. The molecule has 0 atom stereocenters. The Labute approximate surface area is 143 Å². The van der Waals surface area contributed by atoms with Crippen molar-refractivity contribution in [3.8, 4) is 11.4 Å². The van der Waals surface area contributed by atoms with E-state index in [0.29, 0.717) is 23.5 Å². The zero-order valence-corrected chi connectivity index (χ0v) is 13.4. The molecule has 0 aliphatic carbocycles. The van der Waals surface area contributed by atoms with E-state index in [9.17, 15) is 9.59 Å². The van der Waals surface area contributed by atoms with Crippen LogP contribution in [-0.2, 0) is 11.3 Å². The maximum Gasteiger partial charge on any atom is 0.337 e. The van der Waals surface area contributed by atoms with Crippen LogP contribution in [0.3, 0.4) is 0 Å². The third kappa shape index (κ3) is 3.69. The van der Waals surface area contributed by atoms with Gasteiger partial charge >= 0.3 is 5.97 Å². The molecule has 0 aliphatic heterocycles. The normalized spacial score (nSPS) is 10.4. The predicted molar refractivity (Wildman–Crippen MR) is 88.7 cm³/mol. The van der Waals surface area contributed by atoms with Crippen molar-refractivity contribution in [2.45, 2.75) is 6.54 Å². The van der Waals surface area contributed by atoms with Gasteiger partial charge in [0.1, 0.15) is 0 Å². The number of carbonyl (C=O) groups is 2. The molecule has 0 spiro atoms. The smallest absolute Gasteiger partial charge is 0.337 e. The fourth-order valence-corrected chi connectivity index (χ4v) is 2.29. The lowest BCUT2D eigenvalue weighted by molar-refractivity contribution is 0.0600. The van der Waals surface area contributed by atoms with Gasteiger partial charge in [-0.05, 0) is 35.0 Å². The number of methoxy groups -OCH3 is 1. The number of primary amides is 1. The minimum absolute atomic E-state index is 0.358. The van der Waals surface area contributed by atoms with E-state index >= 15 is 0 Å². The zero-order chi connectivity index (χ0) is 17.8. The first-order valence-corrected chi connectivity index (χ1v) is 7.42. The van der Waals surface area contributed by atoms with Crippen LogP contribution in [0, 0.1) is 0 Å². The summed E-state index contributed by atoms with van der Waals surface area (Å²) < 4.78 is 4.71. The van der Waals surface area contributed by atoms with E-state index in [1.54, 1.807) is 42.5 Å². The number of amides is 1. The molecule has 8 nitrogen and oxygen atoms in total. The van der Waals surface area contributed by atoms with Crippen molar-refractivity contribution in [2.75, 3.05) is 7.11 Å². The van der Waals surface area contributed by atoms with E-state index in [4.69, 9.17) is 10.5 Å². The van der Waals surface area contributed by atoms with Crippen molar-refractivity contribution < 1.29 is 14.3 Å². The molecule has 0 bridgehead atoms. The number of carbonyl (C=O) groups excluding carboxylic acids is 2. The summed E-state index contributed by atoms with van der Waals surface area (Å²) in [5.41, 5.74) is 7.66. The van der Waals surface area contributed by atoms with E-state index in [2.05, 4.69) is 15.4 Å². The highest BCUT2D eigenvalue weighted by Gasteiger charge is 2.09. The summed E-state index contributed by atoms with van der Waals surface area (Å²) in [6.45, 7) is 0.358. The van der Waals surface area contributed by atoms with E-state index in [1.165, 1.54) is 11.9 Å². The van der Waals surface area contributed by atoms with Gasteiger partial charge < -0.3 is 10.5 Å². The summed E-state index contributed by atoms with van der Waals surface area (Å²) in [6.07, 6.45) is 0. The van der Waals surface area contributed by atoms with Crippen molar-refractivity contribution in [1.82, 2.24) is 20.2 Å². The molecule has 3 aromatic rings. The topological polar surface area (TPSA) is 113 Å². The van der Waals surface area contributed by atoms with Crippen LogP contribution in [0.2, 0.25) is 0 Å². The second-order valence-electron chi connectivity index (χ2n) is 5.28. The molecule has 8 heteroatoms. The summed E-state index contributed by atoms with van der Waals surface area (Å²) in [7, 11) is 1.34. The number of esters is 1. The Morgan fingerprint density at radius 2 is 1.88 bits per heavy atom. The number of aromatic nitrogens is 4. The van der Waals surface area contributed by atoms with Crippen LogP contribution in [0.25, 0.3) is 11.4 Å². The van der Waals surface area contributed by atoms with E-state index in [0.717, 1.165) is 11.1 Å². The molecule has 1 heterocycles. The molecule has 2 aromatic carbocycles. The zero-order valence-electron chi connectivity index (χ0n) is 13.4. The third-order valence-electron chi connectivity index (χ3n) is 3.55. The highest BCUT2D eigenvalue weighted by Crippen LogP contribution is 2.15. The SMILES string of the molecule is COC(=O)c1cccc(Cn2nnc(-c3ccc(C(N)=O)cc3)n2)c1. The van der Waals surface area contributed by atoms with Crippen LogP contribution < -0.4 is 5.73 Å². The van der Waals surface area contributed by atoms with Crippen LogP contribution >= 0.6 is 0 Å². The molecule has 0 saturated heterocycles. The van der Waals surface area contributed by atoms with Crippen LogP contribution in [0.5, 0.6) is 0 Å². The second-order valence-corrected chi connectivity index (χ2v) is 5.28. The number of hydrogen-bond acceptors (Lipinski definition) is 6. The van der Waals surface area contributed by atoms with Crippen molar-refractivity contribution in [3.05, 3.63) is 65.2 Å². The summed E-state index contributed by atoms with van der Waals surface area (Å²) in [5.74, 6) is -0.461. The van der Waals surface area contributed by atoms with E-state index in [-0.39, 0.29) is 0 Å². The largest absolute Gasteiger partial charge is 0.465 e. The second kappa shape index (κ2) is 6.91. The molecule has 0 fully saturated rings. The van der Waals surface area contributed by atoms with Crippen LogP contribution in [0.15, 0.2) is 48.5 Å². The van der Waals surface area contributed by atoms with Gasteiger partial charge in [0.25, 0.3) is 0 Å². The Hall–Kier alpha value is -3.55. The van der Waals surface area contributed by atoms with Gasteiger partial charge in [0.2, 0.25) is 11.7 Å². The molecular formula is C17H15N5O3. The number of hydrogen-bond donors (Lipinski definition) is 1. The molecule has 0 aliphatic rings. The average molecular weight is 337 g/mol.